The van der Waals surface area contributed by atoms with Crippen molar-refractivity contribution in [1.82, 2.24) is 0 Å². The Bertz CT molecular complexity index is 708. The van der Waals surface area contributed by atoms with Gasteiger partial charge in [0.15, 0.2) is 12.4 Å². The monoisotopic (exact) mass is 365 g/mol. The molecule has 96 valence electrons. The van der Waals surface area contributed by atoms with E-state index < -0.39 is 0 Å². The first-order chi connectivity index (χ1) is 8.74. The van der Waals surface area contributed by atoms with Crippen molar-refractivity contribution < 1.29 is 32.9 Å². The van der Waals surface area contributed by atoms with Gasteiger partial charge in [-0.15, -0.1) is 0 Å². The summed E-state index contributed by atoms with van der Waals surface area (Å²) in [6.07, 6.45) is 4.15. The molecule has 0 N–H and O–H groups in total. The molecule has 1 aromatic heterocycles. The third-order valence-electron chi connectivity index (χ3n) is 3.08. The van der Waals surface area contributed by atoms with E-state index in [0.29, 0.717) is 0 Å². The smallest absolute Gasteiger partial charge is 0.177 e. The fraction of sp³-hybridized carbons (Fsp3) is 0.0625. The highest BCUT2D eigenvalue weighted by Gasteiger charge is 2.09. The van der Waals surface area contributed by atoms with E-state index in [-0.39, 0.29) is 29.8 Å². The van der Waals surface area contributed by atoms with Crippen molar-refractivity contribution in [2.75, 3.05) is 0 Å². The summed E-state index contributed by atoms with van der Waals surface area (Å²) in [5.41, 5.74) is 2.15. The summed E-state index contributed by atoms with van der Waals surface area (Å²) in [6.45, 7) is 0. The molecule has 0 saturated heterocycles. The Kier molecular flexibility index (Phi) is 4.14. The van der Waals surface area contributed by atoms with Crippen LogP contribution in [0.4, 0.5) is 4.39 Å². The van der Waals surface area contributed by atoms with Gasteiger partial charge in [0.05, 0.1) is 5.56 Å². The summed E-state index contributed by atoms with van der Waals surface area (Å²) < 4.78 is 15.0. The molecule has 2 aromatic carbocycles. The van der Waals surface area contributed by atoms with Crippen LogP contribution in [0.5, 0.6) is 0 Å². The highest BCUT2D eigenvalue weighted by atomic mass is 127. The van der Waals surface area contributed by atoms with Gasteiger partial charge in [-0.25, -0.2) is 8.96 Å². The van der Waals surface area contributed by atoms with Gasteiger partial charge >= 0.3 is 0 Å². The summed E-state index contributed by atoms with van der Waals surface area (Å²) in [6, 6.07) is 14.9. The minimum absolute atomic E-state index is 0. The van der Waals surface area contributed by atoms with Crippen molar-refractivity contribution in [3.8, 4) is 11.1 Å². The molecule has 0 spiro atoms. The number of nitrogens with zero attached hydrogens (tertiary/aromatic N) is 1. The van der Waals surface area contributed by atoms with Crippen LogP contribution >= 0.6 is 0 Å². The van der Waals surface area contributed by atoms with E-state index in [1.165, 1.54) is 22.9 Å². The normalized spacial score (nSPS) is 10.2. The van der Waals surface area contributed by atoms with Gasteiger partial charge in [-0.05, 0) is 23.8 Å². The van der Waals surface area contributed by atoms with E-state index in [2.05, 4.69) is 24.5 Å². The number of halogens is 2. The number of fused-ring (bicyclic) bond motifs is 1. The van der Waals surface area contributed by atoms with Crippen LogP contribution in [0.2, 0.25) is 0 Å². The van der Waals surface area contributed by atoms with Crippen LogP contribution in [0.3, 0.4) is 0 Å². The maximum Gasteiger partial charge on any atom is 0.177 e. The van der Waals surface area contributed by atoms with Crippen molar-refractivity contribution in [1.29, 1.82) is 0 Å². The number of pyridine rings is 1. The van der Waals surface area contributed by atoms with Gasteiger partial charge in [-0.1, -0.05) is 30.3 Å². The highest BCUT2D eigenvalue weighted by molar-refractivity contribution is 5.94. The van der Waals surface area contributed by atoms with Gasteiger partial charge in [-0.3, -0.25) is 0 Å². The van der Waals surface area contributed by atoms with E-state index in [0.717, 1.165) is 11.1 Å². The second-order valence-corrected chi connectivity index (χ2v) is 4.43. The summed E-state index contributed by atoms with van der Waals surface area (Å²) in [5, 5.41) is 2.36. The molecule has 0 aliphatic rings. The Morgan fingerprint density at radius 2 is 1.58 bits per heavy atom. The number of aryl methyl sites for hydroxylation is 1. The van der Waals surface area contributed by atoms with Gasteiger partial charge in [0.2, 0.25) is 0 Å². The molecular weight excluding hydrogens is 352 g/mol. The first-order valence-corrected chi connectivity index (χ1v) is 5.88. The van der Waals surface area contributed by atoms with Crippen LogP contribution in [0.1, 0.15) is 0 Å². The molecule has 3 heteroatoms. The van der Waals surface area contributed by atoms with Crippen molar-refractivity contribution in [2.24, 2.45) is 7.05 Å². The van der Waals surface area contributed by atoms with Crippen molar-refractivity contribution >= 4 is 10.8 Å². The molecule has 0 unspecified atom stereocenters. The molecule has 1 heterocycles. The first kappa shape index (κ1) is 13.9. The Labute approximate surface area is 128 Å². The average Bonchev–Trinajstić information content (AvgIpc) is 2.38. The fourth-order valence-corrected chi connectivity index (χ4v) is 2.24. The second kappa shape index (κ2) is 5.65. The zero-order valence-corrected chi connectivity index (χ0v) is 12.6. The minimum atomic E-state index is -0.205. The van der Waals surface area contributed by atoms with Crippen LogP contribution in [0.25, 0.3) is 21.9 Å². The molecule has 0 fully saturated rings. The highest BCUT2D eigenvalue weighted by Crippen LogP contribution is 2.26. The Balaban J connectivity index is 0.00000133. The predicted octanol–water partition coefficient (Wildman–Crippen LogP) is 0.474. The van der Waals surface area contributed by atoms with Gasteiger partial charge in [0.1, 0.15) is 12.9 Å². The number of hydrogen-bond donors (Lipinski definition) is 0. The SMILES string of the molecule is C[n+]1cc(-c2ccc(F)cc2)c2ccccc2c1.[I-]. The van der Waals surface area contributed by atoms with Crippen LogP contribution < -0.4 is 28.5 Å². The van der Waals surface area contributed by atoms with Crippen molar-refractivity contribution in [3.05, 3.63) is 66.7 Å². The summed E-state index contributed by atoms with van der Waals surface area (Å²) in [4.78, 5) is 0. The summed E-state index contributed by atoms with van der Waals surface area (Å²) >= 11 is 0. The quantitative estimate of drug-likeness (QED) is 0.436. The third-order valence-corrected chi connectivity index (χ3v) is 3.08. The molecule has 0 amide bonds. The molecule has 0 saturated carbocycles. The molecule has 0 atom stereocenters. The standard InChI is InChI=1S/C16H13FN.HI/c1-18-10-13-4-2-3-5-15(13)16(11-18)12-6-8-14(17)9-7-12;/h2-11H,1H3;1H/q+1;/p-1. The number of hydrogen-bond acceptors (Lipinski definition) is 0. The molecule has 0 radical (unpaired) electrons. The first-order valence-electron chi connectivity index (χ1n) is 5.88. The number of rotatable bonds is 1. The number of benzene rings is 2. The van der Waals surface area contributed by atoms with Gasteiger partial charge in [0.25, 0.3) is 0 Å². The predicted molar refractivity (Wildman–Crippen MR) is 70.5 cm³/mol. The van der Waals surface area contributed by atoms with Gasteiger partial charge in [-0.2, -0.15) is 0 Å². The maximum atomic E-state index is 13.0. The van der Waals surface area contributed by atoms with Crippen molar-refractivity contribution in [3.63, 3.8) is 0 Å². The lowest BCUT2D eigenvalue weighted by molar-refractivity contribution is -0.669. The Morgan fingerprint density at radius 3 is 2.32 bits per heavy atom. The van der Waals surface area contributed by atoms with Gasteiger partial charge < -0.3 is 24.0 Å². The Morgan fingerprint density at radius 1 is 0.895 bits per heavy atom. The van der Waals surface area contributed by atoms with Gasteiger partial charge in [0, 0.05) is 10.8 Å². The van der Waals surface area contributed by atoms with E-state index in [9.17, 15) is 4.39 Å². The molecule has 0 aliphatic carbocycles. The molecule has 0 aliphatic heterocycles. The van der Waals surface area contributed by atoms with Crippen LogP contribution in [-0.4, -0.2) is 0 Å². The summed E-state index contributed by atoms with van der Waals surface area (Å²) in [5.74, 6) is -0.205. The average molecular weight is 365 g/mol. The van der Waals surface area contributed by atoms with Crippen LogP contribution in [0, 0.1) is 5.82 Å². The van der Waals surface area contributed by atoms with E-state index in [4.69, 9.17) is 0 Å². The topological polar surface area (TPSA) is 3.88 Å². The van der Waals surface area contributed by atoms with E-state index >= 15 is 0 Å². The zero-order valence-electron chi connectivity index (χ0n) is 10.5. The molecule has 1 nitrogen and oxygen atoms in total. The lowest BCUT2D eigenvalue weighted by atomic mass is 10.0. The van der Waals surface area contributed by atoms with E-state index in [1.807, 2.05) is 35.9 Å². The summed E-state index contributed by atoms with van der Waals surface area (Å²) in [7, 11) is 2.00. The second-order valence-electron chi connectivity index (χ2n) is 4.43. The molecule has 3 aromatic rings. The van der Waals surface area contributed by atoms with E-state index in [1.54, 1.807) is 0 Å². The largest absolute Gasteiger partial charge is 1.00 e. The minimum Gasteiger partial charge on any atom is -1.00 e. The van der Waals surface area contributed by atoms with Crippen LogP contribution in [0.15, 0.2) is 60.9 Å². The Hall–Kier alpha value is -1.49. The third kappa shape index (κ3) is 2.76. The lowest BCUT2D eigenvalue weighted by Gasteiger charge is -2.05. The lowest BCUT2D eigenvalue weighted by Crippen LogP contribution is -3.00. The molecule has 3 rings (SSSR count). The molecular formula is C16H13FIN. The van der Waals surface area contributed by atoms with Crippen LogP contribution in [-0.2, 0) is 7.05 Å². The fourth-order valence-electron chi connectivity index (χ4n) is 2.24. The zero-order chi connectivity index (χ0) is 12.5. The maximum absolute atomic E-state index is 13.0. The van der Waals surface area contributed by atoms with Crippen molar-refractivity contribution in [2.45, 2.75) is 0 Å². The molecule has 19 heavy (non-hydrogen) atoms. The number of aromatic nitrogens is 1. The molecule has 0 bridgehead atoms.